The molecule has 0 fully saturated rings. The number of nitrogens with zero attached hydrogens (tertiary/aromatic N) is 2. The van der Waals surface area contributed by atoms with Crippen LogP contribution in [0.2, 0.25) is 0 Å². The van der Waals surface area contributed by atoms with Gasteiger partial charge in [0, 0.05) is 33.2 Å². The van der Waals surface area contributed by atoms with E-state index in [0.717, 1.165) is 23.5 Å². The highest BCUT2D eigenvalue weighted by Gasteiger charge is 2.22. The molecule has 0 amide bonds. The van der Waals surface area contributed by atoms with Crippen molar-refractivity contribution in [3.8, 4) is 27.9 Å². The van der Waals surface area contributed by atoms with Gasteiger partial charge in [-0.15, -0.1) is 0 Å². The minimum Gasteiger partial charge on any atom is -0.310 e. The topological polar surface area (TPSA) is 8.17 Å². The SMILES string of the molecule is CC1C=CC(c2c(-c3ccc(N(c4ccc(-c5ccc6c(c5)c5ccccc5n6-c5ccccc5)cc4)c4cc5ccccc5c5ccccc45)cc3)c3ccccc3c3ccccc23)=CC1. The fourth-order valence-corrected chi connectivity index (χ4v) is 10.9. The molecule has 13 rings (SSSR count). The molecule has 1 unspecified atom stereocenters. The van der Waals surface area contributed by atoms with Crippen molar-refractivity contribution in [1.82, 2.24) is 4.57 Å². The van der Waals surface area contributed by atoms with Crippen molar-refractivity contribution in [3.05, 3.63) is 248 Å². The van der Waals surface area contributed by atoms with Gasteiger partial charge in [-0.3, -0.25) is 0 Å². The van der Waals surface area contributed by atoms with Crippen LogP contribution < -0.4 is 4.90 Å². The highest BCUT2D eigenvalue weighted by molar-refractivity contribution is 6.20. The molecule has 0 saturated heterocycles. The number of aromatic nitrogens is 1. The lowest BCUT2D eigenvalue weighted by atomic mass is 9.82. The van der Waals surface area contributed by atoms with Gasteiger partial charge in [0.25, 0.3) is 0 Å². The molecule has 11 aromatic carbocycles. The predicted octanol–water partition coefficient (Wildman–Crippen LogP) is 18.2. The van der Waals surface area contributed by atoms with Crippen LogP contribution in [-0.4, -0.2) is 4.57 Å². The summed E-state index contributed by atoms with van der Waals surface area (Å²) >= 11 is 0. The Bertz CT molecular complexity index is 3950. The quantitative estimate of drug-likeness (QED) is 0.145. The van der Waals surface area contributed by atoms with Crippen LogP contribution in [0.5, 0.6) is 0 Å². The third-order valence-electron chi connectivity index (χ3n) is 14.1. The number of benzene rings is 11. The van der Waals surface area contributed by atoms with E-state index in [-0.39, 0.29) is 0 Å². The molecule has 0 spiro atoms. The Balaban J connectivity index is 0.972. The lowest BCUT2D eigenvalue weighted by Gasteiger charge is -2.28. The Morgan fingerprint density at radius 1 is 0.403 bits per heavy atom. The largest absolute Gasteiger partial charge is 0.310 e. The van der Waals surface area contributed by atoms with E-state index >= 15 is 0 Å². The Kier molecular flexibility index (Phi) is 9.25. The van der Waals surface area contributed by atoms with Crippen LogP contribution in [0.3, 0.4) is 0 Å². The van der Waals surface area contributed by atoms with Crippen LogP contribution in [0, 0.1) is 5.92 Å². The number of hydrogen-bond acceptors (Lipinski definition) is 1. The average molecular weight is 855 g/mol. The van der Waals surface area contributed by atoms with Gasteiger partial charge in [0.1, 0.15) is 0 Å². The van der Waals surface area contributed by atoms with Gasteiger partial charge in [0.05, 0.1) is 16.7 Å². The van der Waals surface area contributed by atoms with E-state index in [0.29, 0.717) is 5.92 Å². The van der Waals surface area contributed by atoms with Gasteiger partial charge >= 0.3 is 0 Å². The first-order chi connectivity index (χ1) is 33.2. The lowest BCUT2D eigenvalue weighted by molar-refractivity contribution is 0.739. The van der Waals surface area contributed by atoms with Crippen molar-refractivity contribution < 1.29 is 0 Å². The number of rotatable bonds is 7. The molecule has 2 nitrogen and oxygen atoms in total. The Labute approximate surface area is 390 Å². The molecule has 1 heterocycles. The zero-order valence-electron chi connectivity index (χ0n) is 37.3. The summed E-state index contributed by atoms with van der Waals surface area (Å²) in [5.41, 5.74) is 14.4. The fraction of sp³-hybridized carbons (Fsp3) is 0.0462. The first-order valence-corrected chi connectivity index (χ1v) is 23.5. The van der Waals surface area contributed by atoms with Gasteiger partial charge in [-0.1, -0.05) is 189 Å². The molecule has 1 aliphatic carbocycles. The summed E-state index contributed by atoms with van der Waals surface area (Å²) in [6, 6.07) is 82.7. The van der Waals surface area contributed by atoms with E-state index < -0.39 is 0 Å². The monoisotopic (exact) mass is 854 g/mol. The second-order valence-corrected chi connectivity index (χ2v) is 18.1. The maximum atomic E-state index is 2.45. The van der Waals surface area contributed by atoms with Crippen LogP contribution in [-0.2, 0) is 0 Å². The van der Waals surface area contributed by atoms with E-state index in [1.54, 1.807) is 0 Å². The highest BCUT2D eigenvalue weighted by Crippen LogP contribution is 2.47. The normalized spacial score (nSPS) is 13.9. The number of hydrogen-bond donors (Lipinski definition) is 0. The van der Waals surface area contributed by atoms with Crippen molar-refractivity contribution in [2.24, 2.45) is 5.92 Å². The van der Waals surface area contributed by atoms with E-state index in [2.05, 4.69) is 259 Å². The van der Waals surface area contributed by atoms with Crippen LogP contribution in [0.15, 0.2) is 243 Å². The highest BCUT2D eigenvalue weighted by atomic mass is 15.1. The number of allylic oxidation sites excluding steroid dienone is 4. The van der Waals surface area contributed by atoms with Crippen LogP contribution in [0.4, 0.5) is 17.1 Å². The van der Waals surface area contributed by atoms with Gasteiger partial charge in [-0.2, -0.15) is 0 Å². The molecule has 0 saturated carbocycles. The van der Waals surface area contributed by atoms with Gasteiger partial charge in [0.15, 0.2) is 0 Å². The fourth-order valence-electron chi connectivity index (χ4n) is 10.9. The summed E-state index contributed by atoms with van der Waals surface area (Å²) in [6.07, 6.45) is 8.19. The van der Waals surface area contributed by atoms with Crippen molar-refractivity contribution >= 4 is 87.5 Å². The minimum absolute atomic E-state index is 0.529. The Morgan fingerprint density at radius 3 is 1.60 bits per heavy atom. The molecule has 316 valence electrons. The van der Waals surface area contributed by atoms with Crippen LogP contribution >= 0.6 is 0 Å². The molecule has 1 aromatic heterocycles. The third-order valence-corrected chi connectivity index (χ3v) is 14.1. The molecule has 2 heteroatoms. The van der Waals surface area contributed by atoms with Gasteiger partial charge in [-0.25, -0.2) is 0 Å². The van der Waals surface area contributed by atoms with Crippen molar-refractivity contribution in [2.45, 2.75) is 13.3 Å². The maximum absolute atomic E-state index is 2.45. The van der Waals surface area contributed by atoms with E-state index in [1.807, 2.05) is 0 Å². The zero-order valence-corrected chi connectivity index (χ0v) is 37.3. The van der Waals surface area contributed by atoms with E-state index in [1.165, 1.54) is 104 Å². The van der Waals surface area contributed by atoms with Crippen LogP contribution in [0.1, 0.15) is 18.9 Å². The Hall–Kier alpha value is -8.46. The maximum Gasteiger partial charge on any atom is 0.0546 e. The van der Waals surface area contributed by atoms with E-state index in [4.69, 9.17) is 0 Å². The molecule has 1 aliphatic rings. The van der Waals surface area contributed by atoms with Gasteiger partial charge in [-0.05, 0) is 144 Å². The molecule has 0 N–H and O–H groups in total. The summed E-state index contributed by atoms with van der Waals surface area (Å²) in [6.45, 7) is 2.30. The summed E-state index contributed by atoms with van der Waals surface area (Å²) in [5.74, 6) is 0.529. The second kappa shape index (κ2) is 15.9. The number of anilines is 3. The Morgan fingerprint density at radius 2 is 0.925 bits per heavy atom. The average Bonchev–Trinajstić information content (AvgIpc) is 3.73. The van der Waals surface area contributed by atoms with Crippen molar-refractivity contribution in [1.29, 1.82) is 0 Å². The van der Waals surface area contributed by atoms with E-state index in [9.17, 15) is 0 Å². The van der Waals surface area contributed by atoms with Gasteiger partial charge in [0.2, 0.25) is 0 Å². The molecule has 0 aliphatic heterocycles. The molecular weight excluding hydrogens is 809 g/mol. The van der Waals surface area contributed by atoms with Crippen LogP contribution in [0.25, 0.3) is 98.4 Å². The number of fused-ring (bicyclic) bond motifs is 9. The van der Waals surface area contributed by atoms with Crippen molar-refractivity contribution in [3.63, 3.8) is 0 Å². The molecule has 0 bridgehead atoms. The smallest absolute Gasteiger partial charge is 0.0546 e. The summed E-state index contributed by atoms with van der Waals surface area (Å²) in [4.78, 5) is 2.45. The molecule has 12 aromatic rings. The van der Waals surface area contributed by atoms with Gasteiger partial charge < -0.3 is 9.47 Å². The standard InChI is InChI=1S/C65H46N2/c1-43-27-29-45(30-28-43)64-58-24-11-8-20-54(58)55-21-9-12-25-59(55)65(64)46-33-38-51(39-34-46)66(63-42-48-15-5-6-18-52(48)53-19-7-10-22-56(53)63)50-36-31-44(32-37-50)47-35-40-62-60(41-47)57-23-13-14-26-61(57)67(62)49-16-3-2-4-17-49/h2-27,29-43H,28H2,1H3. The first kappa shape index (κ1) is 39.0. The zero-order chi connectivity index (χ0) is 44.4. The third kappa shape index (κ3) is 6.48. The summed E-state index contributed by atoms with van der Waals surface area (Å²) in [5, 5.41) is 12.6. The summed E-state index contributed by atoms with van der Waals surface area (Å²) in [7, 11) is 0. The predicted molar refractivity (Wildman–Crippen MR) is 287 cm³/mol. The number of para-hydroxylation sites is 2. The molecule has 0 radical (unpaired) electrons. The second-order valence-electron chi connectivity index (χ2n) is 18.1. The van der Waals surface area contributed by atoms with Crippen molar-refractivity contribution in [2.75, 3.05) is 4.90 Å². The molecule has 67 heavy (non-hydrogen) atoms. The summed E-state index contributed by atoms with van der Waals surface area (Å²) < 4.78 is 2.38. The lowest BCUT2D eigenvalue weighted by Crippen LogP contribution is -2.10. The first-order valence-electron chi connectivity index (χ1n) is 23.5. The molecule has 1 atom stereocenters. The minimum atomic E-state index is 0.529. The molecular formula is C65H46N2.